The molecule has 2 heteroatoms. The van der Waals surface area contributed by atoms with Crippen LogP contribution in [0.4, 0.5) is 0 Å². The average Bonchev–Trinajstić information content (AvgIpc) is 2.30. The van der Waals surface area contributed by atoms with E-state index in [0.717, 1.165) is 0 Å². The first-order chi connectivity index (χ1) is 5.41. The smallest absolute Gasteiger partial charge is 0.177 e. The van der Waals surface area contributed by atoms with Gasteiger partial charge >= 0.3 is 0 Å². The van der Waals surface area contributed by atoms with E-state index >= 15 is 0 Å². The standard InChI is InChI=1S/C10H15NO/c1-7(12)9-5-8(6-11-9)10(2,3)4/h5H,6H2,1-4H3. The Bertz CT molecular complexity index is 266. The van der Waals surface area contributed by atoms with Crippen LogP contribution in [0, 0.1) is 5.41 Å². The number of allylic oxidation sites excluding steroid dienone is 1. The topological polar surface area (TPSA) is 29.4 Å². The molecule has 0 fully saturated rings. The number of aliphatic imine (C=N–C) groups is 1. The molecule has 1 heterocycles. The summed E-state index contributed by atoms with van der Waals surface area (Å²) in [6.07, 6.45) is 1.92. The minimum Gasteiger partial charge on any atom is -0.293 e. The van der Waals surface area contributed by atoms with Gasteiger partial charge in [-0.3, -0.25) is 9.79 Å². The number of hydrogen-bond acceptors (Lipinski definition) is 2. The van der Waals surface area contributed by atoms with E-state index < -0.39 is 0 Å². The Balaban J connectivity index is 2.81. The second-order valence-corrected chi connectivity index (χ2v) is 4.18. The zero-order valence-electron chi connectivity index (χ0n) is 8.14. The average molecular weight is 165 g/mol. The van der Waals surface area contributed by atoms with Crippen molar-refractivity contribution in [3.63, 3.8) is 0 Å². The lowest BCUT2D eigenvalue weighted by atomic mass is 9.86. The summed E-state index contributed by atoms with van der Waals surface area (Å²) in [6, 6.07) is 0. The lowest BCUT2D eigenvalue weighted by molar-refractivity contribution is -0.111. The second kappa shape index (κ2) is 2.85. The fraction of sp³-hybridized carbons (Fsp3) is 0.600. The highest BCUT2D eigenvalue weighted by Gasteiger charge is 2.21. The van der Waals surface area contributed by atoms with Crippen molar-refractivity contribution in [3.05, 3.63) is 11.6 Å². The third-order valence-corrected chi connectivity index (χ3v) is 2.05. The fourth-order valence-electron chi connectivity index (χ4n) is 1.09. The first-order valence-corrected chi connectivity index (χ1v) is 4.17. The molecular weight excluding hydrogens is 150 g/mol. The van der Waals surface area contributed by atoms with E-state index in [-0.39, 0.29) is 11.2 Å². The van der Waals surface area contributed by atoms with Gasteiger partial charge in [0.25, 0.3) is 0 Å². The molecule has 1 aliphatic heterocycles. The minimum absolute atomic E-state index is 0.0641. The van der Waals surface area contributed by atoms with Crippen molar-refractivity contribution in [2.75, 3.05) is 6.54 Å². The first kappa shape index (κ1) is 9.17. The lowest BCUT2D eigenvalue weighted by Gasteiger charge is -2.18. The summed E-state index contributed by atoms with van der Waals surface area (Å²) in [5.41, 5.74) is 2.01. The van der Waals surface area contributed by atoms with Gasteiger partial charge in [0.15, 0.2) is 5.78 Å². The quantitative estimate of drug-likeness (QED) is 0.584. The van der Waals surface area contributed by atoms with Gasteiger partial charge in [-0.2, -0.15) is 0 Å². The molecule has 1 aliphatic rings. The summed E-state index contributed by atoms with van der Waals surface area (Å²) >= 11 is 0. The molecule has 0 aliphatic carbocycles. The number of nitrogens with zero attached hydrogens (tertiary/aromatic N) is 1. The Morgan fingerprint density at radius 3 is 2.33 bits per heavy atom. The van der Waals surface area contributed by atoms with E-state index in [2.05, 4.69) is 25.8 Å². The summed E-state index contributed by atoms with van der Waals surface area (Å²) in [5.74, 6) is 0.0641. The molecule has 1 rings (SSSR count). The maximum atomic E-state index is 10.9. The van der Waals surface area contributed by atoms with E-state index in [1.165, 1.54) is 5.57 Å². The largest absolute Gasteiger partial charge is 0.293 e. The summed E-state index contributed by atoms with van der Waals surface area (Å²) in [7, 11) is 0. The van der Waals surface area contributed by atoms with Crippen LogP contribution in [0.2, 0.25) is 0 Å². The summed E-state index contributed by atoms with van der Waals surface area (Å²) in [5, 5.41) is 0. The zero-order valence-corrected chi connectivity index (χ0v) is 8.14. The van der Waals surface area contributed by atoms with E-state index in [1.807, 2.05) is 6.08 Å². The molecule has 0 atom stereocenters. The highest BCUT2D eigenvalue weighted by atomic mass is 16.1. The molecule has 12 heavy (non-hydrogen) atoms. The van der Waals surface area contributed by atoms with E-state index in [4.69, 9.17) is 0 Å². The molecule has 0 spiro atoms. The van der Waals surface area contributed by atoms with Crippen LogP contribution in [0.5, 0.6) is 0 Å². The van der Waals surface area contributed by atoms with Gasteiger partial charge < -0.3 is 0 Å². The zero-order chi connectivity index (χ0) is 9.35. The molecule has 0 N–H and O–H groups in total. The Kier molecular flexibility index (Phi) is 2.18. The summed E-state index contributed by atoms with van der Waals surface area (Å²) in [6.45, 7) is 8.66. The molecule has 0 unspecified atom stereocenters. The van der Waals surface area contributed by atoms with Gasteiger partial charge in [0.05, 0.1) is 6.54 Å². The van der Waals surface area contributed by atoms with Crippen molar-refractivity contribution in [1.82, 2.24) is 0 Å². The van der Waals surface area contributed by atoms with Gasteiger partial charge in [0.2, 0.25) is 0 Å². The Labute approximate surface area is 73.4 Å². The number of ketones is 1. The van der Waals surface area contributed by atoms with Gasteiger partial charge in [-0.1, -0.05) is 20.8 Å². The predicted octanol–water partition coefficient (Wildman–Crippen LogP) is 2.00. The van der Waals surface area contributed by atoms with Crippen molar-refractivity contribution >= 4 is 11.5 Å². The minimum atomic E-state index is 0.0641. The monoisotopic (exact) mass is 165 g/mol. The van der Waals surface area contributed by atoms with Crippen LogP contribution >= 0.6 is 0 Å². The van der Waals surface area contributed by atoms with E-state index in [1.54, 1.807) is 6.92 Å². The summed E-state index contributed by atoms with van der Waals surface area (Å²) < 4.78 is 0. The molecule has 0 saturated carbocycles. The maximum Gasteiger partial charge on any atom is 0.177 e. The van der Waals surface area contributed by atoms with Crippen molar-refractivity contribution in [2.24, 2.45) is 10.4 Å². The van der Waals surface area contributed by atoms with Crippen LogP contribution in [0.3, 0.4) is 0 Å². The Morgan fingerprint density at radius 2 is 2.08 bits per heavy atom. The highest BCUT2D eigenvalue weighted by Crippen LogP contribution is 2.27. The van der Waals surface area contributed by atoms with E-state index in [9.17, 15) is 4.79 Å². The molecule has 0 aromatic heterocycles. The third kappa shape index (κ3) is 1.81. The van der Waals surface area contributed by atoms with Crippen molar-refractivity contribution in [3.8, 4) is 0 Å². The first-order valence-electron chi connectivity index (χ1n) is 4.17. The molecular formula is C10H15NO. The van der Waals surface area contributed by atoms with Crippen LogP contribution in [0.15, 0.2) is 16.6 Å². The lowest BCUT2D eigenvalue weighted by Crippen LogP contribution is -2.10. The van der Waals surface area contributed by atoms with Gasteiger partial charge in [0, 0.05) is 6.92 Å². The van der Waals surface area contributed by atoms with Crippen molar-refractivity contribution in [2.45, 2.75) is 27.7 Å². The molecule has 0 saturated heterocycles. The van der Waals surface area contributed by atoms with Gasteiger partial charge in [-0.25, -0.2) is 0 Å². The van der Waals surface area contributed by atoms with Crippen LogP contribution < -0.4 is 0 Å². The highest BCUT2D eigenvalue weighted by molar-refractivity contribution is 6.44. The number of carbonyl (C=O) groups is 1. The molecule has 66 valence electrons. The third-order valence-electron chi connectivity index (χ3n) is 2.05. The maximum absolute atomic E-state index is 10.9. The Hall–Kier alpha value is -0.920. The van der Waals surface area contributed by atoms with E-state index in [0.29, 0.717) is 12.3 Å². The molecule has 0 aromatic rings. The molecule has 2 nitrogen and oxygen atoms in total. The second-order valence-electron chi connectivity index (χ2n) is 4.18. The molecule has 0 radical (unpaired) electrons. The van der Waals surface area contributed by atoms with Gasteiger partial charge in [-0.05, 0) is 17.1 Å². The fourth-order valence-corrected chi connectivity index (χ4v) is 1.09. The normalized spacial score (nSPS) is 17.3. The number of Topliss-reactive ketones (excluding diaryl/α,β-unsaturated/α-hetero) is 1. The number of rotatable bonds is 1. The number of carbonyl (C=O) groups excluding carboxylic acids is 1. The molecule has 0 bridgehead atoms. The van der Waals surface area contributed by atoms with Crippen LogP contribution in [0.1, 0.15) is 27.7 Å². The van der Waals surface area contributed by atoms with Crippen LogP contribution in [-0.4, -0.2) is 18.0 Å². The van der Waals surface area contributed by atoms with Crippen LogP contribution in [0.25, 0.3) is 0 Å². The Morgan fingerprint density at radius 1 is 1.50 bits per heavy atom. The number of hydrogen-bond donors (Lipinski definition) is 0. The van der Waals surface area contributed by atoms with Crippen LogP contribution in [-0.2, 0) is 4.79 Å². The molecule has 0 aromatic carbocycles. The van der Waals surface area contributed by atoms with Gasteiger partial charge in [-0.15, -0.1) is 0 Å². The summed E-state index contributed by atoms with van der Waals surface area (Å²) in [4.78, 5) is 15.1. The van der Waals surface area contributed by atoms with Crippen molar-refractivity contribution in [1.29, 1.82) is 0 Å². The SMILES string of the molecule is CC(=O)C1=NCC(C(C)(C)C)=C1. The van der Waals surface area contributed by atoms with Gasteiger partial charge in [0.1, 0.15) is 5.71 Å². The van der Waals surface area contributed by atoms with Crippen molar-refractivity contribution < 1.29 is 4.79 Å². The predicted molar refractivity (Wildman–Crippen MR) is 50.5 cm³/mol. The molecule has 0 amide bonds.